The van der Waals surface area contributed by atoms with Crippen LogP contribution in [0.15, 0.2) is 12.1 Å². The summed E-state index contributed by atoms with van der Waals surface area (Å²) in [7, 11) is 0. The van der Waals surface area contributed by atoms with Gasteiger partial charge in [-0.15, -0.1) is 11.3 Å². The van der Waals surface area contributed by atoms with Crippen molar-refractivity contribution in [1.82, 2.24) is 0 Å². The lowest BCUT2D eigenvalue weighted by Crippen LogP contribution is -2.26. The fraction of sp³-hybridized carbons (Fsp3) is 0.500. The molecule has 0 saturated carbocycles. The average Bonchev–Trinajstić information content (AvgIpc) is 2.63. The van der Waals surface area contributed by atoms with Gasteiger partial charge >= 0.3 is 11.9 Å². The Morgan fingerprint density at radius 3 is 2.53 bits per heavy atom. The predicted molar refractivity (Wildman–Crippen MR) is 62.4 cm³/mol. The summed E-state index contributed by atoms with van der Waals surface area (Å²) in [6.45, 7) is 4.28. The van der Waals surface area contributed by atoms with Crippen LogP contribution in [0.4, 0.5) is 0 Å². The lowest BCUT2D eigenvalue weighted by atomic mass is 10.1. The van der Waals surface area contributed by atoms with Gasteiger partial charge in [0.25, 0.3) is 6.29 Å². The maximum atomic E-state index is 11.1. The Labute approximate surface area is 104 Å². The van der Waals surface area contributed by atoms with E-state index in [4.69, 9.17) is 9.47 Å². The van der Waals surface area contributed by atoms with E-state index in [2.05, 4.69) is 13.8 Å². The first-order valence-electron chi connectivity index (χ1n) is 5.52. The van der Waals surface area contributed by atoms with Crippen molar-refractivity contribution < 1.29 is 19.1 Å². The zero-order valence-corrected chi connectivity index (χ0v) is 10.6. The lowest BCUT2D eigenvalue weighted by molar-refractivity contribution is -0.204. The summed E-state index contributed by atoms with van der Waals surface area (Å²) in [6, 6.07) is 3.83. The van der Waals surface area contributed by atoms with E-state index >= 15 is 0 Å². The Hall–Kier alpha value is -1.36. The molecule has 0 N–H and O–H groups in total. The molecule has 0 spiro atoms. The second-order valence-corrected chi connectivity index (χ2v) is 5.59. The second kappa shape index (κ2) is 4.87. The van der Waals surface area contributed by atoms with E-state index in [1.807, 2.05) is 12.1 Å². The van der Waals surface area contributed by atoms with Crippen molar-refractivity contribution in [3.63, 3.8) is 0 Å². The minimum absolute atomic E-state index is 0.291. The molecule has 0 amide bonds. The molecule has 92 valence electrons. The van der Waals surface area contributed by atoms with Crippen molar-refractivity contribution in [2.75, 3.05) is 0 Å². The standard InChI is InChI=1S/C12H14O4S/c1-7(2)5-8-3-4-9(17-8)12-15-10(13)6-11(14)16-12/h3-4,7,12H,5-6H2,1-2H3. The number of hydrogen-bond donors (Lipinski definition) is 0. The highest BCUT2D eigenvalue weighted by Crippen LogP contribution is 2.31. The molecule has 0 unspecified atom stereocenters. The zero-order valence-electron chi connectivity index (χ0n) is 9.76. The van der Waals surface area contributed by atoms with Crippen molar-refractivity contribution in [2.45, 2.75) is 33.0 Å². The first-order valence-corrected chi connectivity index (χ1v) is 6.34. The molecule has 0 aliphatic carbocycles. The van der Waals surface area contributed by atoms with Gasteiger partial charge in [0.1, 0.15) is 6.42 Å². The van der Waals surface area contributed by atoms with E-state index in [0.717, 1.165) is 11.3 Å². The quantitative estimate of drug-likeness (QED) is 0.614. The van der Waals surface area contributed by atoms with Crippen molar-refractivity contribution in [1.29, 1.82) is 0 Å². The molecule has 17 heavy (non-hydrogen) atoms. The maximum Gasteiger partial charge on any atom is 0.320 e. The van der Waals surface area contributed by atoms with E-state index in [9.17, 15) is 9.59 Å². The molecule has 1 aromatic heterocycles. The van der Waals surface area contributed by atoms with Crippen LogP contribution in [0.5, 0.6) is 0 Å². The molecular formula is C12H14O4S. The molecule has 1 aliphatic heterocycles. The molecular weight excluding hydrogens is 240 g/mol. The maximum absolute atomic E-state index is 11.1. The molecule has 2 heterocycles. The summed E-state index contributed by atoms with van der Waals surface area (Å²) in [6.07, 6.45) is -0.172. The smallest absolute Gasteiger partial charge is 0.320 e. The number of carbonyl (C=O) groups excluding carboxylic acids is 2. The topological polar surface area (TPSA) is 52.6 Å². The summed E-state index contributed by atoms with van der Waals surface area (Å²) in [5.41, 5.74) is 0. The van der Waals surface area contributed by atoms with Crippen LogP contribution in [0.1, 0.15) is 36.3 Å². The van der Waals surface area contributed by atoms with Crippen molar-refractivity contribution in [2.24, 2.45) is 5.92 Å². The number of thiophene rings is 1. The van der Waals surface area contributed by atoms with E-state index in [0.29, 0.717) is 5.92 Å². The highest BCUT2D eigenvalue weighted by molar-refractivity contribution is 7.12. The summed E-state index contributed by atoms with van der Waals surface area (Å²) in [5.74, 6) is -0.479. The van der Waals surface area contributed by atoms with Gasteiger partial charge in [0.2, 0.25) is 0 Å². The Kier molecular flexibility index (Phi) is 3.47. The molecule has 1 aromatic rings. The minimum Gasteiger partial charge on any atom is -0.419 e. The molecule has 5 heteroatoms. The molecule has 0 bridgehead atoms. The van der Waals surface area contributed by atoms with Gasteiger partial charge in [-0.2, -0.15) is 0 Å². The summed E-state index contributed by atoms with van der Waals surface area (Å²) < 4.78 is 9.98. The molecule has 1 fully saturated rings. The van der Waals surface area contributed by atoms with Crippen LogP contribution in [0.25, 0.3) is 0 Å². The molecule has 0 atom stereocenters. The van der Waals surface area contributed by atoms with E-state index in [-0.39, 0.29) is 6.42 Å². The van der Waals surface area contributed by atoms with Gasteiger partial charge in [-0.25, -0.2) is 0 Å². The second-order valence-electron chi connectivity index (χ2n) is 4.39. The molecule has 0 radical (unpaired) electrons. The van der Waals surface area contributed by atoms with Gasteiger partial charge in [-0.3, -0.25) is 9.59 Å². The van der Waals surface area contributed by atoms with E-state index < -0.39 is 18.2 Å². The SMILES string of the molecule is CC(C)Cc1ccc(C2OC(=O)CC(=O)O2)s1. The van der Waals surface area contributed by atoms with Gasteiger partial charge < -0.3 is 9.47 Å². The Morgan fingerprint density at radius 2 is 1.94 bits per heavy atom. The third-order valence-electron chi connectivity index (χ3n) is 2.29. The Balaban J connectivity index is 2.08. The van der Waals surface area contributed by atoms with Crippen molar-refractivity contribution in [3.8, 4) is 0 Å². The Morgan fingerprint density at radius 1 is 1.29 bits per heavy atom. The fourth-order valence-electron chi connectivity index (χ4n) is 1.61. The predicted octanol–water partition coefficient (Wildman–Crippen LogP) is 2.44. The third-order valence-corrected chi connectivity index (χ3v) is 3.42. The summed E-state index contributed by atoms with van der Waals surface area (Å²) >= 11 is 1.52. The van der Waals surface area contributed by atoms with Crippen LogP contribution in [-0.4, -0.2) is 11.9 Å². The summed E-state index contributed by atoms with van der Waals surface area (Å²) in [4.78, 5) is 24.2. The first-order chi connectivity index (χ1) is 8.04. The van der Waals surface area contributed by atoms with Crippen LogP contribution >= 0.6 is 11.3 Å². The van der Waals surface area contributed by atoms with Crippen molar-refractivity contribution in [3.05, 3.63) is 21.9 Å². The highest BCUT2D eigenvalue weighted by atomic mass is 32.1. The van der Waals surface area contributed by atoms with Crippen LogP contribution in [-0.2, 0) is 25.5 Å². The molecule has 1 saturated heterocycles. The molecule has 1 aliphatic rings. The summed E-state index contributed by atoms with van der Waals surface area (Å²) in [5, 5.41) is 0. The van der Waals surface area contributed by atoms with E-state index in [1.165, 1.54) is 16.2 Å². The van der Waals surface area contributed by atoms with Gasteiger partial charge in [0.15, 0.2) is 0 Å². The van der Waals surface area contributed by atoms with Gasteiger partial charge in [0.05, 0.1) is 4.88 Å². The van der Waals surface area contributed by atoms with Gasteiger partial charge in [-0.05, 0) is 24.5 Å². The number of cyclic esters (lactones) is 2. The number of carbonyl (C=O) groups is 2. The number of ether oxygens (including phenoxy) is 2. The third kappa shape index (κ3) is 3.06. The average molecular weight is 254 g/mol. The molecule has 0 aromatic carbocycles. The van der Waals surface area contributed by atoms with E-state index in [1.54, 1.807) is 0 Å². The van der Waals surface area contributed by atoms with Crippen LogP contribution < -0.4 is 0 Å². The highest BCUT2D eigenvalue weighted by Gasteiger charge is 2.30. The van der Waals surface area contributed by atoms with Crippen LogP contribution in [0.3, 0.4) is 0 Å². The normalized spacial score (nSPS) is 17.1. The number of rotatable bonds is 3. The molecule has 4 nitrogen and oxygen atoms in total. The molecule has 2 rings (SSSR count). The van der Waals surface area contributed by atoms with Crippen LogP contribution in [0.2, 0.25) is 0 Å². The van der Waals surface area contributed by atoms with Crippen LogP contribution in [0, 0.1) is 5.92 Å². The number of hydrogen-bond acceptors (Lipinski definition) is 5. The first kappa shape index (κ1) is 12.1. The lowest BCUT2D eigenvalue weighted by Gasteiger charge is -2.20. The zero-order chi connectivity index (χ0) is 12.4. The fourth-order valence-corrected chi connectivity index (χ4v) is 2.80. The largest absolute Gasteiger partial charge is 0.419 e. The van der Waals surface area contributed by atoms with Crippen molar-refractivity contribution >= 4 is 23.3 Å². The van der Waals surface area contributed by atoms with Gasteiger partial charge in [-0.1, -0.05) is 13.8 Å². The van der Waals surface area contributed by atoms with Gasteiger partial charge in [0, 0.05) is 4.88 Å². The minimum atomic E-state index is -0.852. The Bertz CT molecular complexity index is 419. The monoisotopic (exact) mass is 254 g/mol. The number of esters is 2.